The molecule has 2 atom stereocenters. The van der Waals surface area contributed by atoms with Crippen LogP contribution in [0.25, 0.3) is 0 Å². The van der Waals surface area contributed by atoms with Gasteiger partial charge in [-0.1, -0.05) is 32.0 Å². The van der Waals surface area contributed by atoms with Crippen LogP contribution in [0.2, 0.25) is 0 Å². The molecule has 0 radical (unpaired) electrons. The zero-order chi connectivity index (χ0) is 11.7. The number of hydrogen-bond acceptors (Lipinski definition) is 1. The smallest absolute Gasteiger partial charge is 0.0700 e. The molecule has 0 N–H and O–H groups in total. The Labute approximate surface area is 98.1 Å². The van der Waals surface area contributed by atoms with E-state index in [1.54, 1.807) is 0 Å². The number of nitriles is 1. The van der Waals surface area contributed by atoms with E-state index >= 15 is 0 Å². The van der Waals surface area contributed by atoms with Gasteiger partial charge in [-0.25, -0.2) is 0 Å². The Balaban J connectivity index is 2.25. The van der Waals surface area contributed by atoms with Gasteiger partial charge < -0.3 is 0 Å². The van der Waals surface area contributed by atoms with Gasteiger partial charge in [-0.3, -0.25) is 0 Å². The molecule has 1 aromatic rings. The highest BCUT2D eigenvalue weighted by Gasteiger charge is 2.24. The van der Waals surface area contributed by atoms with E-state index in [2.05, 4.69) is 38.1 Å². The van der Waals surface area contributed by atoms with Gasteiger partial charge in [-0.2, -0.15) is 5.26 Å². The number of nitrogens with zero attached hydrogens (tertiary/aromatic N) is 1. The molecule has 0 unspecified atom stereocenters. The summed E-state index contributed by atoms with van der Waals surface area (Å²) >= 11 is 0. The largest absolute Gasteiger partial charge is 0.198 e. The van der Waals surface area contributed by atoms with Crippen LogP contribution in [-0.4, -0.2) is 0 Å². The van der Waals surface area contributed by atoms with E-state index in [4.69, 9.17) is 5.26 Å². The lowest BCUT2D eigenvalue weighted by molar-refractivity contribution is 0.404. The maximum atomic E-state index is 8.93. The fourth-order valence-corrected chi connectivity index (χ4v) is 2.49. The van der Waals surface area contributed by atoms with Gasteiger partial charge in [-0.05, 0) is 48.3 Å². The first-order chi connectivity index (χ1) is 7.61. The number of hydrogen-bond donors (Lipinski definition) is 0. The van der Waals surface area contributed by atoms with Crippen molar-refractivity contribution in [3.8, 4) is 6.07 Å². The van der Waals surface area contributed by atoms with E-state index in [0.29, 0.717) is 0 Å². The van der Waals surface area contributed by atoms with Crippen molar-refractivity contribution in [1.29, 1.82) is 5.26 Å². The molecule has 16 heavy (non-hydrogen) atoms. The van der Waals surface area contributed by atoms with Crippen molar-refractivity contribution >= 4 is 0 Å². The molecule has 0 fully saturated rings. The molecule has 0 aromatic heterocycles. The summed E-state index contributed by atoms with van der Waals surface area (Å²) in [4.78, 5) is 0. The first kappa shape index (κ1) is 11.2. The molecule has 1 aliphatic rings. The lowest BCUT2D eigenvalue weighted by Crippen LogP contribution is -2.07. The van der Waals surface area contributed by atoms with Crippen LogP contribution in [0.5, 0.6) is 0 Å². The Hall–Kier alpha value is -1.29. The molecule has 0 heterocycles. The summed E-state index contributed by atoms with van der Waals surface area (Å²) in [5.74, 6) is 1.57. The molecule has 2 rings (SSSR count). The maximum Gasteiger partial charge on any atom is 0.0700 e. The van der Waals surface area contributed by atoms with Crippen LogP contribution < -0.4 is 0 Å². The van der Waals surface area contributed by atoms with Crippen molar-refractivity contribution in [2.24, 2.45) is 11.8 Å². The number of fused-ring (bicyclic) bond motifs is 1. The third kappa shape index (κ3) is 1.97. The summed E-state index contributed by atoms with van der Waals surface area (Å²) in [5.41, 5.74) is 4.14. The molecule has 0 saturated heterocycles. The molecule has 1 aliphatic carbocycles. The summed E-state index contributed by atoms with van der Waals surface area (Å²) < 4.78 is 0. The summed E-state index contributed by atoms with van der Waals surface area (Å²) in [6.45, 7) is 6.57. The quantitative estimate of drug-likeness (QED) is 0.735. The van der Waals surface area contributed by atoms with Crippen LogP contribution in [0.1, 0.15) is 43.4 Å². The second-order valence-corrected chi connectivity index (χ2v) is 5.29. The fraction of sp³-hybridized carbons (Fsp3) is 0.533. The highest BCUT2D eigenvalue weighted by Crippen LogP contribution is 2.33. The van der Waals surface area contributed by atoms with Crippen LogP contribution >= 0.6 is 0 Å². The minimum absolute atomic E-state index is 0.0170. The van der Waals surface area contributed by atoms with Crippen LogP contribution in [0.3, 0.4) is 0 Å². The normalized spacial score (nSPS) is 20.6. The summed E-state index contributed by atoms with van der Waals surface area (Å²) in [6.07, 6.45) is 2.41. The van der Waals surface area contributed by atoms with Crippen LogP contribution in [0.15, 0.2) is 18.2 Å². The second-order valence-electron chi connectivity index (χ2n) is 5.29. The Kier molecular flexibility index (Phi) is 3.01. The zero-order valence-electron chi connectivity index (χ0n) is 10.3. The molecule has 1 heteroatoms. The van der Waals surface area contributed by atoms with E-state index in [9.17, 15) is 0 Å². The van der Waals surface area contributed by atoms with Gasteiger partial charge in [-0.15, -0.1) is 0 Å². The topological polar surface area (TPSA) is 23.8 Å². The SMILES string of the molecule is CC(C)[C@H]1Cc2ccc([C@@H](C)C#N)cc2C1. The van der Waals surface area contributed by atoms with E-state index in [1.165, 1.54) is 29.5 Å². The van der Waals surface area contributed by atoms with Crippen molar-refractivity contribution in [3.63, 3.8) is 0 Å². The van der Waals surface area contributed by atoms with Gasteiger partial charge in [0.25, 0.3) is 0 Å². The highest BCUT2D eigenvalue weighted by atomic mass is 14.3. The van der Waals surface area contributed by atoms with Crippen LogP contribution in [0, 0.1) is 23.2 Å². The third-order valence-corrected chi connectivity index (χ3v) is 3.83. The molecular weight excluding hydrogens is 194 g/mol. The summed E-state index contributed by atoms with van der Waals surface area (Å²) in [5, 5.41) is 8.93. The Morgan fingerprint density at radius 2 is 1.88 bits per heavy atom. The predicted molar refractivity (Wildman–Crippen MR) is 66.2 cm³/mol. The van der Waals surface area contributed by atoms with E-state index in [0.717, 1.165) is 11.8 Å². The van der Waals surface area contributed by atoms with Gasteiger partial charge in [0.05, 0.1) is 12.0 Å². The van der Waals surface area contributed by atoms with Gasteiger partial charge in [0.1, 0.15) is 0 Å². The molecule has 0 amide bonds. The highest BCUT2D eigenvalue weighted by molar-refractivity contribution is 5.38. The van der Waals surface area contributed by atoms with E-state index < -0.39 is 0 Å². The van der Waals surface area contributed by atoms with Crippen molar-refractivity contribution < 1.29 is 0 Å². The molecule has 0 bridgehead atoms. The Morgan fingerprint density at radius 3 is 2.50 bits per heavy atom. The predicted octanol–water partition coefficient (Wildman–Crippen LogP) is 3.68. The molecular formula is C15H19N. The van der Waals surface area contributed by atoms with Gasteiger partial charge in [0.2, 0.25) is 0 Å². The van der Waals surface area contributed by atoms with Crippen LogP contribution in [-0.2, 0) is 12.8 Å². The fourth-order valence-electron chi connectivity index (χ4n) is 2.49. The van der Waals surface area contributed by atoms with Crippen molar-refractivity contribution in [1.82, 2.24) is 0 Å². The van der Waals surface area contributed by atoms with Crippen molar-refractivity contribution in [3.05, 3.63) is 34.9 Å². The lowest BCUT2D eigenvalue weighted by atomic mass is 9.93. The number of benzene rings is 1. The first-order valence-electron chi connectivity index (χ1n) is 6.13. The average Bonchev–Trinajstić information content (AvgIpc) is 2.70. The molecule has 84 valence electrons. The molecule has 1 aromatic carbocycles. The minimum Gasteiger partial charge on any atom is -0.198 e. The molecule has 0 aliphatic heterocycles. The number of rotatable bonds is 2. The third-order valence-electron chi connectivity index (χ3n) is 3.83. The van der Waals surface area contributed by atoms with Crippen LogP contribution in [0.4, 0.5) is 0 Å². The standard InChI is InChI=1S/C15H19N/c1-10(2)14-7-13-5-4-12(11(3)9-16)6-15(13)8-14/h4-6,10-11,14H,7-8H2,1-3H3/t11-,14-/m0/s1. The van der Waals surface area contributed by atoms with Gasteiger partial charge in [0, 0.05) is 0 Å². The minimum atomic E-state index is 0.0170. The average molecular weight is 213 g/mol. The molecule has 0 spiro atoms. The van der Waals surface area contributed by atoms with Gasteiger partial charge >= 0.3 is 0 Å². The van der Waals surface area contributed by atoms with Crippen molar-refractivity contribution in [2.45, 2.75) is 39.5 Å². The van der Waals surface area contributed by atoms with E-state index in [-0.39, 0.29) is 5.92 Å². The monoisotopic (exact) mass is 213 g/mol. The second kappa shape index (κ2) is 4.29. The Morgan fingerprint density at radius 1 is 1.19 bits per heavy atom. The van der Waals surface area contributed by atoms with E-state index in [1.807, 2.05) is 6.92 Å². The summed E-state index contributed by atoms with van der Waals surface area (Å²) in [6, 6.07) is 8.89. The first-order valence-corrected chi connectivity index (χ1v) is 6.13. The van der Waals surface area contributed by atoms with Gasteiger partial charge in [0.15, 0.2) is 0 Å². The summed E-state index contributed by atoms with van der Waals surface area (Å²) in [7, 11) is 0. The lowest BCUT2D eigenvalue weighted by Gasteiger charge is -2.12. The Bertz CT molecular complexity index is 426. The maximum absolute atomic E-state index is 8.93. The van der Waals surface area contributed by atoms with Crippen molar-refractivity contribution in [2.75, 3.05) is 0 Å². The molecule has 1 nitrogen and oxygen atoms in total. The molecule has 0 saturated carbocycles. The zero-order valence-corrected chi connectivity index (χ0v) is 10.3.